The van der Waals surface area contributed by atoms with Crippen molar-refractivity contribution in [2.24, 2.45) is 5.41 Å². The van der Waals surface area contributed by atoms with E-state index in [0.29, 0.717) is 11.5 Å². The zero-order chi connectivity index (χ0) is 12.3. The van der Waals surface area contributed by atoms with E-state index in [4.69, 9.17) is 0 Å². The van der Waals surface area contributed by atoms with Crippen molar-refractivity contribution in [3.63, 3.8) is 0 Å². The van der Waals surface area contributed by atoms with Crippen molar-refractivity contribution in [2.75, 3.05) is 6.54 Å². The highest BCUT2D eigenvalue weighted by Crippen LogP contribution is 2.41. The lowest BCUT2D eigenvalue weighted by Gasteiger charge is -2.30. The van der Waals surface area contributed by atoms with Gasteiger partial charge in [-0.3, -0.25) is 0 Å². The highest BCUT2D eigenvalue weighted by molar-refractivity contribution is 9.10. The highest BCUT2D eigenvalue weighted by Gasteiger charge is 2.34. The first-order valence-electron chi connectivity index (χ1n) is 6.56. The predicted octanol–water partition coefficient (Wildman–Crippen LogP) is 4.61. The lowest BCUT2D eigenvalue weighted by atomic mass is 9.82. The molecule has 17 heavy (non-hydrogen) atoms. The van der Waals surface area contributed by atoms with E-state index in [1.807, 2.05) is 11.3 Å². The number of hydrogen-bond donors (Lipinski definition) is 1. The van der Waals surface area contributed by atoms with Crippen LogP contribution in [0.15, 0.2) is 15.9 Å². The van der Waals surface area contributed by atoms with Gasteiger partial charge in [-0.05, 0) is 46.7 Å². The summed E-state index contributed by atoms with van der Waals surface area (Å²) in [4.78, 5) is 1.53. The fourth-order valence-corrected chi connectivity index (χ4v) is 4.40. The summed E-state index contributed by atoms with van der Waals surface area (Å²) in [5.41, 5.74) is 0.522. The molecule has 0 aromatic carbocycles. The zero-order valence-electron chi connectivity index (χ0n) is 10.8. The van der Waals surface area contributed by atoms with Crippen molar-refractivity contribution in [1.29, 1.82) is 0 Å². The van der Waals surface area contributed by atoms with Gasteiger partial charge in [0.15, 0.2) is 0 Å². The van der Waals surface area contributed by atoms with Crippen LogP contribution in [0, 0.1) is 5.41 Å². The Hall–Kier alpha value is 0.140. The number of rotatable bonds is 5. The molecule has 0 aliphatic heterocycles. The van der Waals surface area contributed by atoms with Crippen molar-refractivity contribution in [1.82, 2.24) is 5.32 Å². The minimum Gasteiger partial charge on any atom is -0.314 e. The first kappa shape index (κ1) is 13.6. The van der Waals surface area contributed by atoms with Gasteiger partial charge in [0, 0.05) is 27.3 Å². The molecule has 1 aliphatic rings. The van der Waals surface area contributed by atoms with Crippen LogP contribution < -0.4 is 5.32 Å². The first-order valence-corrected chi connectivity index (χ1v) is 8.23. The minimum atomic E-state index is 0.522. The molecular weight excluding hydrogens is 294 g/mol. The van der Waals surface area contributed by atoms with E-state index < -0.39 is 0 Å². The molecule has 1 aliphatic carbocycles. The van der Waals surface area contributed by atoms with Crippen LogP contribution in [0.1, 0.15) is 44.4 Å². The van der Waals surface area contributed by atoms with Gasteiger partial charge in [-0.25, -0.2) is 0 Å². The van der Waals surface area contributed by atoms with Crippen LogP contribution in [0.25, 0.3) is 0 Å². The van der Waals surface area contributed by atoms with Crippen LogP contribution in [0.2, 0.25) is 0 Å². The summed E-state index contributed by atoms with van der Waals surface area (Å²) in [7, 11) is 0. The van der Waals surface area contributed by atoms with Crippen LogP contribution in [-0.4, -0.2) is 12.6 Å². The average Bonchev–Trinajstić information content (AvgIpc) is 2.87. The fraction of sp³-hybridized carbons (Fsp3) is 0.714. The van der Waals surface area contributed by atoms with Crippen molar-refractivity contribution in [2.45, 2.75) is 52.0 Å². The molecule has 0 radical (unpaired) electrons. The largest absolute Gasteiger partial charge is 0.314 e. The molecule has 0 saturated heterocycles. The summed E-state index contributed by atoms with van der Waals surface area (Å²) >= 11 is 5.45. The highest BCUT2D eigenvalue weighted by atomic mass is 79.9. The Kier molecular flexibility index (Phi) is 4.67. The number of nitrogens with one attached hydrogen (secondary N) is 1. The molecule has 0 unspecified atom stereocenters. The molecule has 1 aromatic rings. The predicted molar refractivity (Wildman–Crippen MR) is 79.8 cm³/mol. The third-order valence-electron chi connectivity index (χ3n) is 3.72. The standard InChI is InChI=1S/C14H22BrNS/c1-11(2)16-10-14(5-3-4-6-14)8-13-7-12(15)9-17-13/h7,9,11,16H,3-6,8,10H2,1-2H3. The zero-order valence-corrected chi connectivity index (χ0v) is 13.2. The SMILES string of the molecule is CC(C)NCC1(Cc2cc(Br)cs2)CCCC1. The first-order chi connectivity index (χ1) is 8.10. The van der Waals surface area contributed by atoms with Gasteiger partial charge in [0.2, 0.25) is 0 Å². The van der Waals surface area contributed by atoms with E-state index in [-0.39, 0.29) is 0 Å². The molecule has 0 spiro atoms. The lowest BCUT2D eigenvalue weighted by molar-refractivity contribution is 0.271. The molecule has 2 rings (SSSR count). The van der Waals surface area contributed by atoms with Gasteiger partial charge in [-0.15, -0.1) is 11.3 Å². The molecule has 1 saturated carbocycles. The van der Waals surface area contributed by atoms with Crippen LogP contribution in [0.5, 0.6) is 0 Å². The third kappa shape index (κ3) is 3.80. The molecule has 1 aromatic heterocycles. The summed E-state index contributed by atoms with van der Waals surface area (Å²) in [5, 5.41) is 5.85. The second-order valence-corrected chi connectivity index (χ2v) is 7.56. The van der Waals surface area contributed by atoms with E-state index in [9.17, 15) is 0 Å². The summed E-state index contributed by atoms with van der Waals surface area (Å²) in [5.74, 6) is 0. The Morgan fingerprint density at radius 3 is 2.65 bits per heavy atom. The second kappa shape index (κ2) is 5.85. The lowest BCUT2D eigenvalue weighted by Crippen LogP contribution is -2.37. The molecular formula is C14H22BrNS. The quantitative estimate of drug-likeness (QED) is 0.836. The monoisotopic (exact) mass is 315 g/mol. The normalized spacial score (nSPS) is 19.1. The van der Waals surface area contributed by atoms with Gasteiger partial charge in [0.25, 0.3) is 0 Å². The third-order valence-corrected chi connectivity index (χ3v) is 5.42. The van der Waals surface area contributed by atoms with Crippen molar-refractivity contribution >= 4 is 27.3 Å². The Balaban J connectivity index is 2.01. The Bertz CT molecular complexity index is 353. The van der Waals surface area contributed by atoms with Gasteiger partial charge in [0.05, 0.1) is 0 Å². The molecule has 1 N–H and O–H groups in total. The van der Waals surface area contributed by atoms with Crippen molar-refractivity contribution < 1.29 is 0 Å². The van der Waals surface area contributed by atoms with Crippen molar-refractivity contribution in [3.05, 3.63) is 20.8 Å². The molecule has 96 valence electrons. The van der Waals surface area contributed by atoms with E-state index in [0.717, 1.165) is 0 Å². The molecule has 1 fully saturated rings. The van der Waals surface area contributed by atoms with E-state index in [1.165, 1.54) is 48.0 Å². The van der Waals surface area contributed by atoms with Gasteiger partial charge in [-0.2, -0.15) is 0 Å². The molecule has 3 heteroatoms. The van der Waals surface area contributed by atoms with E-state index in [1.54, 1.807) is 0 Å². The Labute approximate surface area is 117 Å². The Morgan fingerprint density at radius 1 is 1.41 bits per heavy atom. The van der Waals surface area contributed by atoms with Crippen molar-refractivity contribution in [3.8, 4) is 0 Å². The maximum atomic E-state index is 3.65. The fourth-order valence-electron chi connectivity index (χ4n) is 2.78. The molecule has 1 heterocycles. The average molecular weight is 316 g/mol. The van der Waals surface area contributed by atoms with E-state index >= 15 is 0 Å². The summed E-state index contributed by atoms with van der Waals surface area (Å²) in [6, 6.07) is 2.89. The molecule has 0 amide bonds. The van der Waals surface area contributed by atoms with Crippen LogP contribution >= 0.6 is 27.3 Å². The summed E-state index contributed by atoms with van der Waals surface area (Å²) in [6.07, 6.45) is 6.85. The molecule has 1 nitrogen and oxygen atoms in total. The van der Waals surface area contributed by atoms with Crippen LogP contribution in [-0.2, 0) is 6.42 Å². The van der Waals surface area contributed by atoms with Gasteiger partial charge < -0.3 is 5.32 Å². The van der Waals surface area contributed by atoms with Gasteiger partial charge >= 0.3 is 0 Å². The smallest absolute Gasteiger partial charge is 0.0285 e. The maximum Gasteiger partial charge on any atom is 0.0285 e. The summed E-state index contributed by atoms with van der Waals surface area (Å²) < 4.78 is 1.24. The van der Waals surface area contributed by atoms with Gasteiger partial charge in [0.1, 0.15) is 0 Å². The number of halogens is 1. The summed E-state index contributed by atoms with van der Waals surface area (Å²) in [6.45, 7) is 5.66. The van der Waals surface area contributed by atoms with E-state index in [2.05, 4.69) is 46.5 Å². The van der Waals surface area contributed by atoms with Crippen LogP contribution in [0.3, 0.4) is 0 Å². The molecule has 0 bridgehead atoms. The number of thiophene rings is 1. The topological polar surface area (TPSA) is 12.0 Å². The van der Waals surface area contributed by atoms with Gasteiger partial charge in [-0.1, -0.05) is 26.7 Å². The Morgan fingerprint density at radius 2 is 2.12 bits per heavy atom. The second-order valence-electron chi connectivity index (χ2n) is 5.65. The minimum absolute atomic E-state index is 0.522. The van der Waals surface area contributed by atoms with Crippen LogP contribution in [0.4, 0.5) is 0 Å². The maximum absolute atomic E-state index is 3.65. The molecule has 0 atom stereocenters. The number of hydrogen-bond acceptors (Lipinski definition) is 2.